The zero-order valence-electron chi connectivity index (χ0n) is 27.7. The molecule has 3 heterocycles. The highest BCUT2D eigenvalue weighted by Crippen LogP contribution is 2.44. The van der Waals surface area contributed by atoms with Crippen LogP contribution in [0.4, 0.5) is 0 Å². The molecule has 2 saturated heterocycles. The van der Waals surface area contributed by atoms with E-state index in [9.17, 15) is 14.7 Å². The maximum atomic E-state index is 13.7. The molecule has 250 valence electrons. The first-order valence-corrected chi connectivity index (χ1v) is 16.8. The Kier molecular flexibility index (Phi) is 10.1. The van der Waals surface area contributed by atoms with Crippen LogP contribution in [0.1, 0.15) is 61.6 Å². The third-order valence-electron chi connectivity index (χ3n) is 10.0. The molecule has 1 amide bonds. The number of aromatic nitrogens is 1. The average Bonchev–Trinajstić information content (AvgIpc) is 3.49. The van der Waals surface area contributed by atoms with Gasteiger partial charge in [-0.3, -0.25) is 19.4 Å². The molecule has 10 heteroatoms. The van der Waals surface area contributed by atoms with Gasteiger partial charge in [-0.05, 0) is 55.2 Å². The Bertz CT molecular complexity index is 1660. The SMILES string of the molecule is COc1cc2oc(C3(NC(=O)CCN4CCOCC4)C=CC=C(c4ccccc4C)C3C)nc2cc1CN1CCCCC1CC(=O)O. The minimum absolute atomic E-state index is 0.0228. The number of amides is 1. The molecule has 0 saturated carbocycles. The van der Waals surface area contributed by atoms with Crippen LogP contribution in [0.15, 0.2) is 59.0 Å². The van der Waals surface area contributed by atoms with Crippen molar-refractivity contribution in [2.75, 3.05) is 46.5 Å². The molecular weight excluding hydrogens is 596 g/mol. The van der Waals surface area contributed by atoms with Gasteiger partial charge in [0.15, 0.2) is 5.58 Å². The van der Waals surface area contributed by atoms with Crippen molar-refractivity contribution in [2.24, 2.45) is 5.92 Å². The molecule has 0 radical (unpaired) electrons. The number of allylic oxidation sites excluding steroid dienone is 2. The molecule has 47 heavy (non-hydrogen) atoms. The van der Waals surface area contributed by atoms with Crippen LogP contribution in [0, 0.1) is 12.8 Å². The average molecular weight is 643 g/mol. The summed E-state index contributed by atoms with van der Waals surface area (Å²) in [5.74, 6) is 0.0263. The Morgan fingerprint density at radius 3 is 2.72 bits per heavy atom. The fraction of sp³-hybridized carbons (Fsp3) is 0.486. The Morgan fingerprint density at radius 2 is 1.96 bits per heavy atom. The van der Waals surface area contributed by atoms with E-state index in [1.807, 2.05) is 36.4 Å². The summed E-state index contributed by atoms with van der Waals surface area (Å²) in [4.78, 5) is 34.9. The quantitative estimate of drug-likeness (QED) is 0.288. The first kappa shape index (κ1) is 32.9. The summed E-state index contributed by atoms with van der Waals surface area (Å²) in [5, 5.41) is 12.9. The summed E-state index contributed by atoms with van der Waals surface area (Å²) < 4.78 is 17.8. The number of hydrogen-bond donors (Lipinski definition) is 2. The maximum Gasteiger partial charge on any atom is 0.304 e. The number of carboxylic acids is 1. The van der Waals surface area contributed by atoms with Crippen LogP contribution in [0.2, 0.25) is 0 Å². The van der Waals surface area contributed by atoms with Crippen LogP contribution in [-0.4, -0.2) is 84.3 Å². The molecule has 3 atom stereocenters. The summed E-state index contributed by atoms with van der Waals surface area (Å²) in [7, 11) is 1.63. The minimum atomic E-state index is -1.03. The van der Waals surface area contributed by atoms with E-state index in [1.165, 1.54) is 0 Å². The second-order valence-electron chi connectivity index (χ2n) is 13.0. The zero-order chi connectivity index (χ0) is 33.0. The number of fused-ring (bicyclic) bond motifs is 1. The third-order valence-corrected chi connectivity index (χ3v) is 10.0. The number of piperidine rings is 1. The highest BCUT2D eigenvalue weighted by molar-refractivity contribution is 5.82. The molecule has 10 nitrogen and oxygen atoms in total. The van der Waals surface area contributed by atoms with Gasteiger partial charge in [0.2, 0.25) is 11.8 Å². The zero-order valence-corrected chi connectivity index (χ0v) is 27.7. The number of nitrogens with zero attached hydrogens (tertiary/aromatic N) is 3. The topological polar surface area (TPSA) is 117 Å². The third kappa shape index (κ3) is 7.15. The molecule has 1 aliphatic carbocycles. The van der Waals surface area contributed by atoms with E-state index in [0.717, 1.165) is 61.2 Å². The van der Waals surface area contributed by atoms with E-state index >= 15 is 0 Å². The number of ether oxygens (including phenoxy) is 2. The van der Waals surface area contributed by atoms with Gasteiger partial charge in [0, 0.05) is 56.2 Å². The van der Waals surface area contributed by atoms with E-state index in [1.54, 1.807) is 7.11 Å². The molecule has 0 spiro atoms. The number of carboxylic acid groups (broad SMARTS) is 1. The largest absolute Gasteiger partial charge is 0.496 e. The lowest BCUT2D eigenvalue weighted by Gasteiger charge is -2.38. The highest BCUT2D eigenvalue weighted by atomic mass is 16.5. The van der Waals surface area contributed by atoms with Crippen LogP contribution in [-0.2, 0) is 26.4 Å². The predicted molar refractivity (Wildman–Crippen MR) is 180 cm³/mol. The lowest BCUT2D eigenvalue weighted by Crippen LogP contribution is -2.51. The van der Waals surface area contributed by atoms with Crippen LogP contribution in [0.3, 0.4) is 0 Å². The summed E-state index contributed by atoms with van der Waals surface area (Å²) >= 11 is 0. The van der Waals surface area contributed by atoms with Crippen LogP contribution in [0.25, 0.3) is 16.7 Å². The van der Waals surface area contributed by atoms with E-state index in [2.05, 4.69) is 47.2 Å². The van der Waals surface area contributed by atoms with Crippen molar-refractivity contribution in [3.05, 3.63) is 77.2 Å². The van der Waals surface area contributed by atoms with Gasteiger partial charge in [0.25, 0.3) is 0 Å². The molecule has 3 aromatic rings. The van der Waals surface area contributed by atoms with Gasteiger partial charge in [-0.15, -0.1) is 0 Å². The lowest BCUT2D eigenvalue weighted by molar-refractivity contribution is -0.138. The summed E-state index contributed by atoms with van der Waals surface area (Å²) in [6, 6.07) is 12.1. The highest BCUT2D eigenvalue weighted by Gasteiger charge is 2.45. The van der Waals surface area contributed by atoms with Gasteiger partial charge in [0.05, 0.1) is 26.7 Å². The van der Waals surface area contributed by atoms with E-state index in [-0.39, 0.29) is 24.3 Å². The Balaban J connectivity index is 1.35. The normalized spacial score (nSPS) is 23.9. The predicted octanol–water partition coefficient (Wildman–Crippen LogP) is 5.30. The molecule has 2 aromatic carbocycles. The molecule has 6 rings (SSSR count). The molecule has 1 aromatic heterocycles. The number of nitrogens with one attached hydrogen (secondary N) is 1. The van der Waals surface area contributed by atoms with E-state index < -0.39 is 11.5 Å². The van der Waals surface area contributed by atoms with Crippen molar-refractivity contribution < 1.29 is 28.6 Å². The second kappa shape index (κ2) is 14.4. The standard InChI is InChI=1S/C37H46N4O6/c1-25-9-4-5-11-29(25)30-12-8-14-37(26(30)2,39-34(42)13-16-40-17-19-46-20-18-40)36-38-31-21-27(32(45-3)23-33(31)47-36)24-41-15-7-6-10-28(41)22-35(43)44/h4-5,8-9,11-12,14,21,23,26,28H,6-7,10,13,15-20,22,24H2,1-3H3,(H,39,42)(H,43,44). The number of benzene rings is 2. The number of likely N-dealkylation sites (tertiary alicyclic amines) is 1. The molecule has 2 N–H and O–H groups in total. The summed E-state index contributed by atoms with van der Waals surface area (Å²) in [6.07, 6.45) is 9.49. The monoisotopic (exact) mass is 642 g/mol. The number of aryl methyl sites for hydroxylation is 1. The number of morpholine rings is 1. The maximum absolute atomic E-state index is 13.7. The lowest BCUT2D eigenvalue weighted by atomic mass is 9.73. The molecular formula is C37H46N4O6. The van der Waals surface area contributed by atoms with Gasteiger partial charge in [0.1, 0.15) is 16.8 Å². The van der Waals surface area contributed by atoms with Crippen LogP contribution >= 0.6 is 0 Å². The summed E-state index contributed by atoms with van der Waals surface area (Å²) in [6.45, 7) is 9.25. The summed E-state index contributed by atoms with van der Waals surface area (Å²) in [5.41, 5.74) is 4.49. The Morgan fingerprint density at radius 1 is 1.15 bits per heavy atom. The van der Waals surface area contributed by atoms with Crippen molar-refractivity contribution in [3.63, 3.8) is 0 Å². The fourth-order valence-corrected chi connectivity index (χ4v) is 7.30. The smallest absolute Gasteiger partial charge is 0.304 e. The number of aliphatic carboxylic acids is 1. The van der Waals surface area contributed by atoms with Crippen molar-refractivity contribution in [1.29, 1.82) is 0 Å². The number of carbonyl (C=O) groups excluding carboxylic acids is 1. The van der Waals surface area contributed by atoms with Gasteiger partial charge >= 0.3 is 5.97 Å². The number of oxazole rings is 1. The first-order chi connectivity index (χ1) is 22.8. The first-order valence-electron chi connectivity index (χ1n) is 16.8. The van der Waals surface area contributed by atoms with Crippen molar-refractivity contribution in [1.82, 2.24) is 20.1 Å². The Labute approximate surface area is 276 Å². The van der Waals surface area contributed by atoms with Crippen molar-refractivity contribution in [3.8, 4) is 5.75 Å². The number of methoxy groups -OCH3 is 1. The number of carbonyl (C=O) groups is 2. The molecule has 2 aliphatic heterocycles. The van der Waals surface area contributed by atoms with E-state index in [4.69, 9.17) is 18.9 Å². The number of hydrogen-bond acceptors (Lipinski definition) is 8. The van der Waals surface area contributed by atoms with Crippen LogP contribution < -0.4 is 10.1 Å². The van der Waals surface area contributed by atoms with Crippen molar-refractivity contribution in [2.45, 2.75) is 64.1 Å². The molecule has 2 fully saturated rings. The minimum Gasteiger partial charge on any atom is -0.496 e. The van der Waals surface area contributed by atoms with Crippen molar-refractivity contribution >= 4 is 28.5 Å². The molecule has 3 unspecified atom stereocenters. The van der Waals surface area contributed by atoms with Gasteiger partial charge in [-0.25, -0.2) is 4.98 Å². The second-order valence-corrected chi connectivity index (χ2v) is 13.0. The van der Waals surface area contributed by atoms with Crippen LogP contribution in [0.5, 0.6) is 5.75 Å². The van der Waals surface area contributed by atoms with E-state index in [0.29, 0.717) is 55.5 Å². The molecule has 3 aliphatic rings. The van der Waals surface area contributed by atoms with Gasteiger partial charge in [-0.1, -0.05) is 49.8 Å². The van der Waals surface area contributed by atoms with Gasteiger partial charge in [-0.2, -0.15) is 0 Å². The Hall–Kier alpha value is -3.99. The fourth-order valence-electron chi connectivity index (χ4n) is 7.30. The number of rotatable bonds is 11. The van der Waals surface area contributed by atoms with Gasteiger partial charge < -0.3 is 24.3 Å². The molecule has 0 bridgehead atoms.